The van der Waals surface area contributed by atoms with Crippen molar-refractivity contribution in [2.75, 3.05) is 6.61 Å². The van der Waals surface area contributed by atoms with Crippen LogP contribution in [0.25, 0.3) is 82.2 Å². The minimum atomic E-state index is -0.411. The van der Waals surface area contributed by atoms with Crippen molar-refractivity contribution in [3.05, 3.63) is 162 Å². The van der Waals surface area contributed by atoms with Crippen LogP contribution in [0.1, 0.15) is 11.1 Å². The Morgan fingerprint density at radius 3 is 1.91 bits per heavy atom. The molecule has 2 nitrogen and oxygen atoms in total. The van der Waals surface area contributed by atoms with Gasteiger partial charge in [0.15, 0.2) is 0 Å². The van der Waals surface area contributed by atoms with Crippen LogP contribution in [0, 0.1) is 6.92 Å². The predicted octanol–water partition coefficient (Wildman–Crippen LogP) is 11.5. The van der Waals surface area contributed by atoms with Crippen LogP contribution in [0.5, 0.6) is 0 Å². The predicted molar refractivity (Wildman–Crippen MR) is 196 cm³/mol. The second-order valence-electron chi connectivity index (χ2n) is 12.0. The second kappa shape index (κ2) is 11.3. The SMILES string of the molecule is Cc1cccccc(/C=C(\O)CO)c2ccccc2c1-c1ccc2cc(-c3ccc4ccc5cccc6ccc3c4c56)ccc2c1. The lowest BCUT2D eigenvalue weighted by Crippen LogP contribution is -1.89. The van der Waals surface area contributed by atoms with Gasteiger partial charge >= 0.3 is 0 Å². The van der Waals surface area contributed by atoms with E-state index in [1.165, 1.54) is 54.2 Å². The minimum Gasteiger partial charge on any atom is -0.510 e. The summed E-state index contributed by atoms with van der Waals surface area (Å²) in [7, 11) is 0. The van der Waals surface area contributed by atoms with E-state index in [9.17, 15) is 10.2 Å². The Morgan fingerprint density at radius 1 is 0.522 bits per heavy atom. The number of aryl methyl sites for hydroxylation is 1. The van der Waals surface area contributed by atoms with Crippen LogP contribution >= 0.6 is 0 Å². The first-order valence-electron chi connectivity index (χ1n) is 15.7. The first-order valence-corrected chi connectivity index (χ1v) is 15.7. The van der Waals surface area contributed by atoms with Gasteiger partial charge in [-0.25, -0.2) is 0 Å². The number of hydrogen-bond donors (Lipinski definition) is 2. The van der Waals surface area contributed by atoms with Gasteiger partial charge in [-0.05, 0) is 112 Å². The quantitative estimate of drug-likeness (QED) is 0.158. The number of aliphatic hydroxyl groups excluding tert-OH is 2. The van der Waals surface area contributed by atoms with Crippen LogP contribution in [0.2, 0.25) is 0 Å². The Labute approximate surface area is 267 Å². The Balaban J connectivity index is 1.31. The minimum absolute atomic E-state index is 0.0736. The average Bonchev–Trinajstić information content (AvgIpc) is 3.09. The molecule has 0 aliphatic carbocycles. The summed E-state index contributed by atoms with van der Waals surface area (Å²) in [5.41, 5.74) is 6.67. The summed E-state index contributed by atoms with van der Waals surface area (Å²) in [6.45, 7) is 1.73. The summed E-state index contributed by atoms with van der Waals surface area (Å²) in [6.07, 6.45) is 1.64. The fourth-order valence-electron chi connectivity index (χ4n) is 7.05. The van der Waals surface area contributed by atoms with E-state index in [1.54, 1.807) is 6.08 Å². The fourth-order valence-corrected chi connectivity index (χ4v) is 7.05. The smallest absolute Gasteiger partial charge is 0.118 e. The molecule has 0 radical (unpaired) electrons. The van der Waals surface area contributed by atoms with Crippen molar-refractivity contribution in [3.8, 4) is 22.3 Å². The van der Waals surface area contributed by atoms with Gasteiger partial charge in [-0.15, -0.1) is 0 Å². The van der Waals surface area contributed by atoms with E-state index in [0.29, 0.717) is 0 Å². The first-order chi connectivity index (χ1) is 22.6. The molecule has 0 atom stereocenters. The van der Waals surface area contributed by atoms with Crippen LogP contribution in [-0.4, -0.2) is 16.8 Å². The van der Waals surface area contributed by atoms with Gasteiger partial charge in [0.2, 0.25) is 0 Å². The van der Waals surface area contributed by atoms with E-state index < -0.39 is 6.61 Å². The van der Waals surface area contributed by atoms with Gasteiger partial charge in [0, 0.05) is 0 Å². The Bertz CT molecular complexity index is 2520. The first kappa shape index (κ1) is 27.8. The van der Waals surface area contributed by atoms with Crippen LogP contribution in [0.3, 0.4) is 0 Å². The highest BCUT2D eigenvalue weighted by atomic mass is 16.3. The molecule has 0 aliphatic rings. The third-order valence-corrected chi connectivity index (χ3v) is 9.20. The molecule has 46 heavy (non-hydrogen) atoms. The third-order valence-electron chi connectivity index (χ3n) is 9.20. The molecule has 2 heteroatoms. The van der Waals surface area contributed by atoms with Gasteiger partial charge in [-0.2, -0.15) is 0 Å². The van der Waals surface area contributed by atoms with Crippen molar-refractivity contribution < 1.29 is 10.2 Å². The molecular formula is C44H32O2. The summed E-state index contributed by atoms with van der Waals surface area (Å²) < 4.78 is 0. The van der Waals surface area contributed by atoms with Gasteiger partial charge < -0.3 is 10.2 Å². The molecule has 0 aliphatic heterocycles. The highest BCUT2D eigenvalue weighted by Crippen LogP contribution is 2.40. The van der Waals surface area contributed by atoms with Crippen LogP contribution in [0.4, 0.5) is 0 Å². The van der Waals surface area contributed by atoms with E-state index in [2.05, 4.69) is 122 Å². The van der Waals surface area contributed by atoms with Crippen molar-refractivity contribution in [2.24, 2.45) is 0 Å². The third kappa shape index (κ3) is 4.72. The molecule has 0 heterocycles. The highest BCUT2D eigenvalue weighted by molar-refractivity contribution is 6.25. The largest absolute Gasteiger partial charge is 0.510 e. The Kier molecular flexibility index (Phi) is 6.86. The molecule has 0 unspecified atom stereocenters. The number of aliphatic hydroxyl groups is 2. The molecule has 8 rings (SSSR count). The number of hydrogen-bond acceptors (Lipinski definition) is 2. The van der Waals surface area contributed by atoms with Crippen molar-refractivity contribution in [1.82, 2.24) is 0 Å². The van der Waals surface area contributed by atoms with E-state index in [-0.39, 0.29) is 5.76 Å². The number of fused-ring (bicyclic) bond motifs is 2. The maximum Gasteiger partial charge on any atom is 0.118 e. The topological polar surface area (TPSA) is 40.5 Å². The molecule has 2 N–H and O–H groups in total. The lowest BCUT2D eigenvalue weighted by atomic mass is 9.89. The van der Waals surface area contributed by atoms with Crippen molar-refractivity contribution in [1.29, 1.82) is 0 Å². The van der Waals surface area contributed by atoms with Gasteiger partial charge in [-0.1, -0.05) is 133 Å². The zero-order valence-corrected chi connectivity index (χ0v) is 25.5. The molecule has 0 saturated carbocycles. The zero-order chi connectivity index (χ0) is 31.2. The van der Waals surface area contributed by atoms with Crippen molar-refractivity contribution >= 4 is 59.9 Å². The summed E-state index contributed by atoms with van der Waals surface area (Å²) in [6, 6.07) is 51.9. The maximum absolute atomic E-state index is 10.2. The molecule has 8 aromatic rings. The fraction of sp³-hybridized carbons (Fsp3) is 0.0455. The summed E-state index contributed by atoms with van der Waals surface area (Å²) in [4.78, 5) is 0. The van der Waals surface area contributed by atoms with E-state index in [4.69, 9.17) is 0 Å². The standard InChI is InChI=1S/C44H32O2/c1-28-8-3-2-4-9-34(26-37(46)27-45)38-12-5-6-13-40(38)42(28)36-19-17-32-24-35(18-16-33(32)25-36)39-22-20-31-15-14-29-10-7-11-30-21-23-41(39)44(31)43(29)30/h2-26,45-46H,27H2,1H3/b3-2?,4-2?,8-3?,9-4?,28-8?,34-9?,37-26-,38-34?,42-28?,42-40?. The molecule has 0 aromatic heterocycles. The number of benzene rings is 7. The van der Waals surface area contributed by atoms with Gasteiger partial charge in [0.25, 0.3) is 0 Å². The Morgan fingerprint density at radius 2 is 1.13 bits per heavy atom. The van der Waals surface area contributed by atoms with E-state index in [0.717, 1.165) is 33.0 Å². The van der Waals surface area contributed by atoms with E-state index in [1.807, 2.05) is 30.3 Å². The summed E-state index contributed by atoms with van der Waals surface area (Å²) >= 11 is 0. The highest BCUT2D eigenvalue weighted by Gasteiger charge is 2.13. The van der Waals surface area contributed by atoms with Gasteiger partial charge in [0.05, 0.1) is 0 Å². The molecule has 8 aromatic carbocycles. The summed E-state index contributed by atoms with van der Waals surface area (Å²) in [5, 5.41) is 32.0. The lowest BCUT2D eigenvalue weighted by molar-refractivity contribution is 0.256. The molecule has 220 valence electrons. The molecule has 0 amide bonds. The molecule has 0 spiro atoms. The van der Waals surface area contributed by atoms with Crippen molar-refractivity contribution in [2.45, 2.75) is 6.92 Å². The maximum atomic E-state index is 10.2. The summed E-state index contributed by atoms with van der Waals surface area (Å²) in [5.74, 6) is -0.0736. The Hall–Kier alpha value is -5.70. The molecule has 0 fully saturated rings. The van der Waals surface area contributed by atoms with Crippen LogP contribution in [0.15, 0.2) is 151 Å². The van der Waals surface area contributed by atoms with Crippen molar-refractivity contribution in [3.63, 3.8) is 0 Å². The van der Waals surface area contributed by atoms with E-state index >= 15 is 0 Å². The zero-order valence-electron chi connectivity index (χ0n) is 25.5. The van der Waals surface area contributed by atoms with Crippen LogP contribution < -0.4 is 0 Å². The van der Waals surface area contributed by atoms with Crippen LogP contribution in [-0.2, 0) is 0 Å². The monoisotopic (exact) mass is 592 g/mol. The van der Waals surface area contributed by atoms with Gasteiger partial charge in [0.1, 0.15) is 12.4 Å². The normalized spacial score (nSPS) is 12.0. The molecular weight excluding hydrogens is 560 g/mol. The second-order valence-corrected chi connectivity index (χ2v) is 12.0. The molecule has 0 saturated heterocycles. The van der Waals surface area contributed by atoms with Gasteiger partial charge in [-0.3, -0.25) is 0 Å². The molecule has 0 bridgehead atoms. The lowest BCUT2D eigenvalue weighted by Gasteiger charge is -2.15. The number of rotatable bonds is 4. The average molecular weight is 593 g/mol.